The van der Waals surface area contributed by atoms with Crippen LogP contribution >= 0.6 is 27.3 Å². The van der Waals surface area contributed by atoms with Crippen molar-refractivity contribution in [1.82, 2.24) is 10.6 Å². The Kier molecular flexibility index (Phi) is 6.32. The normalized spacial score (nSPS) is 13.2. The van der Waals surface area contributed by atoms with Gasteiger partial charge in [0.2, 0.25) is 0 Å². The van der Waals surface area contributed by atoms with E-state index in [-0.39, 0.29) is 5.91 Å². The highest BCUT2D eigenvalue weighted by atomic mass is 79.9. The molecule has 0 aliphatic heterocycles. The lowest BCUT2D eigenvalue weighted by molar-refractivity contribution is -0.915. The number of urea groups is 1. The molecular weight excluding hydrogens is 378 g/mol. The number of benzene rings is 1. The molecule has 3 N–H and O–H groups in total. The molecule has 23 heavy (non-hydrogen) atoms. The van der Waals surface area contributed by atoms with Gasteiger partial charge in [0.25, 0.3) is 5.91 Å². The Morgan fingerprint density at radius 3 is 2.48 bits per heavy atom. The molecular formula is C16H19BrN3O2S+. The summed E-state index contributed by atoms with van der Waals surface area (Å²) in [5.74, 6) is -0.316. The Hall–Kier alpha value is -1.70. The maximum absolute atomic E-state index is 12.6. The van der Waals surface area contributed by atoms with E-state index >= 15 is 0 Å². The van der Waals surface area contributed by atoms with Crippen LogP contribution in [0, 0.1) is 0 Å². The topological polar surface area (TPSA) is 62.6 Å². The van der Waals surface area contributed by atoms with Gasteiger partial charge in [0, 0.05) is 12.6 Å². The molecule has 2 atom stereocenters. The van der Waals surface area contributed by atoms with Crippen LogP contribution in [0.5, 0.6) is 0 Å². The lowest BCUT2D eigenvalue weighted by Crippen LogP contribution is -3.09. The second-order valence-corrected chi connectivity index (χ2v) is 7.69. The van der Waals surface area contributed by atoms with Gasteiger partial charge in [0.1, 0.15) is 6.54 Å². The standard InChI is InChI=1S/C16H18BrN3O2S/c1-18-16(22)19-15(21)14(11-6-4-3-5-7-11)20(2)10-12-8-9-13(17)23-12/h3-9,14H,10H2,1-2H3,(H2,18,19,21,22)/p+1/t14-/m1/s1. The van der Waals surface area contributed by atoms with Gasteiger partial charge in [0.15, 0.2) is 6.04 Å². The first-order chi connectivity index (χ1) is 11.0. The van der Waals surface area contributed by atoms with E-state index < -0.39 is 12.1 Å². The van der Waals surface area contributed by atoms with Crippen molar-refractivity contribution in [3.63, 3.8) is 0 Å². The third-order valence-electron chi connectivity index (χ3n) is 3.43. The monoisotopic (exact) mass is 396 g/mol. The van der Waals surface area contributed by atoms with Crippen LogP contribution in [-0.4, -0.2) is 26.0 Å². The van der Waals surface area contributed by atoms with Gasteiger partial charge in [-0.2, -0.15) is 0 Å². The molecule has 5 nitrogen and oxygen atoms in total. The predicted octanol–water partition coefficient (Wildman–Crippen LogP) is 1.72. The lowest BCUT2D eigenvalue weighted by atomic mass is 10.0. The van der Waals surface area contributed by atoms with Gasteiger partial charge in [-0.15, -0.1) is 11.3 Å². The zero-order chi connectivity index (χ0) is 16.8. The molecule has 0 saturated heterocycles. The molecule has 0 aliphatic carbocycles. The number of quaternary nitrogens is 1. The second-order valence-electron chi connectivity index (χ2n) is 5.14. The molecule has 1 unspecified atom stereocenters. The number of likely N-dealkylation sites (N-methyl/N-ethyl adjacent to an activating group) is 1. The fraction of sp³-hybridized carbons (Fsp3) is 0.250. The number of hydrogen-bond acceptors (Lipinski definition) is 3. The Bertz CT molecular complexity index is 675. The minimum absolute atomic E-state index is 0.316. The first kappa shape index (κ1) is 17.7. The minimum atomic E-state index is -0.498. The Morgan fingerprint density at radius 1 is 1.22 bits per heavy atom. The zero-order valence-electron chi connectivity index (χ0n) is 12.9. The van der Waals surface area contributed by atoms with E-state index in [0.717, 1.165) is 14.2 Å². The van der Waals surface area contributed by atoms with Crippen LogP contribution in [0.2, 0.25) is 0 Å². The van der Waals surface area contributed by atoms with E-state index in [1.165, 1.54) is 11.9 Å². The van der Waals surface area contributed by atoms with Gasteiger partial charge in [-0.25, -0.2) is 4.79 Å². The summed E-state index contributed by atoms with van der Waals surface area (Å²) < 4.78 is 1.06. The van der Waals surface area contributed by atoms with Gasteiger partial charge >= 0.3 is 6.03 Å². The summed E-state index contributed by atoms with van der Waals surface area (Å²) in [6.45, 7) is 0.691. The minimum Gasteiger partial charge on any atom is -0.341 e. The van der Waals surface area contributed by atoms with Gasteiger partial charge in [-0.05, 0) is 28.1 Å². The molecule has 0 radical (unpaired) electrons. The Labute approximate surface area is 147 Å². The van der Waals surface area contributed by atoms with E-state index in [2.05, 4.69) is 26.6 Å². The molecule has 0 spiro atoms. The van der Waals surface area contributed by atoms with Gasteiger partial charge in [0.05, 0.1) is 15.7 Å². The van der Waals surface area contributed by atoms with E-state index in [0.29, 0.717) is 6.54 Å². The molecule has 122 valence electrons. The summed E-state index contributed by atoms with van der Waals surface area (Å²) in [6, 6.07) is 12.6. The fourth-order valence-electron chi connectivity index (χ4n) is 2.38. The first-order valence-electron chi connectivity index (χ1n) is 7.15. The second kappa shape index (κ2) is 8.24. The third-order valence-corrected chi connectivity index (χ3v) is 5.06. The van der Waals surface area contributed by atoms with Crippen molar-refractivity contribution in [3.8, 4) is 0 Å². The average Bonchev–Trinajstić information content (AvgIpc) is 2.93. The molecule has 0 saturated carbocycles. The fourth-order valence-corrected chi connectivity index (χ4v) is 3.95. The summed E-state index contributed by atoms with van der Waals surface area (Å²) in [5, 5.41) is 4.79. The number of carbonyl (C=O) groups excluding carboxylic acids is 2. The molecule has 0 fully saturated rings. The summed E-state index contributed by atoms with van der Waals surface area (Å²) in [6.07, 6.45) is 0. The van der Waals surface area contributed by atoms with E-state index in [1.54, 1.807) is 11.3 Å². The lowest BCUT2D eigenvalue weighted by Gasteiger charge is -2.23. The van der Waals surface area contributed by atoms with Crippen LogP contribution in [0.3, 0.4) is 0 Å². The highest BCUT2D eigenvalue weighted by Gasteiger charge is 2.30. The van der Waals surface area contributed by atoms with Crippen LogP contribution in [0.4, 0.5) is 4.79 Å². The number of amides is 3. The molecule has 0 bridgehead atoms. The Morgan fingerprint density at radius 2 is 1.91 bits per heavy atom. The molecule has 7 heteroatoms. The number of rotatable bonds is 5. The largest absolute Gasteiger partial charge is 0.341 e. The average molecular weight is 397 g/mol. The highest BCUT2D eigenvalue weighted by Crippen LogP contribution is 2.21. The van der Waals surface area contributed by atoms with Crippen molar-refractivity contribution >= 4 is 39.2 Å². The Balaban J connectivity index is 2.22. The van der Waals surface area contributed by atoms with Gasteiger partial charge in [-0.1, -0.05) is 30.3 Å². The summed E-state index contributed by atoms with van der Waals surface area (Å²) in [7, 11) is 3.44. The van der Waals surface area contributed by atoms with E-state index in [4.69, 9.17) is 0 Å². The smallest absolute Gasteiger partial charge is 0.321 e. The van der Waals surface area contributed by atoms with Crippen LogP contribution < -0.4 is 15.5 Å². The van der Waals surface area contributed by atoms with Crippen molar-refractivity contribution in [2.24, 2.45) is 0 Å². The molecule has 1 aromatic carbocycles. The van der Waals surface area contributed by atoms with Crippen molar-refractivity contribution < 1.29 is 14.5 Å². The SMILES string of the molecule is CNC(=O)NC(=O)[C@@H](c1ccccc1)[NH+](C)Cc1ccc(Br)s1. The van der Waals surface area contributed by atoms with E-state index in [1.807, 2.05) is 49.5 Å². The number of carbonyl (C=O) groups is 2. The van der Waals surface area contributed by atoms with Crippen LogP contribution in [0.15, 0.2) is 46.3 Å². The number of halogens is 1. The van der Waals surface area contributed by atoms with Gasteiger partial charge < -0.3 is 10.2 Å². The number of thiophene rings is 1. The van der Waals surface area contributed by atoms with E-state index in [9.17, 15) is 9.59 Å². The third kappa shape index (κ3) is 4.89. The molecule has 2 aromatic rings. The number of imide groups is 1. The van der Waals surface area contributed by atoms with Crippen molar-refractivity contribution in [3.05, 3.63) is 56.7 Å². The summed E-state index contributed by atoms with van der Waals surface area (Å²) in [4.78, 5) is 26.2. The zero-order valence-corrected chi connectivity index (χ0v) is 15.3. The maximum Gasteiger partial charge on any atom is 0.321 e. The molecule has 1 aromatic heterocycles. The van der Waals surface area contributed by atoms with Crippen LogP contribution in [0.25, 0.3) is 0 Å². The molecule has 2 rings (SSSR count). The van der Waals surface area contributed by atoms with Crippen LogP contribution in [-0.2, 0) is 11.3 Å². The summed E-state index contributed by atoms with van der Waals surface area (Å²) in [5.41, 5.74) is 0.877. The maximum atomic E-state index is 12.6. The van der Waals surface area contributed by atoms with Crippen molar-refractivity contribution in [2.75, 3.05) is 14.1 Å². The number of hydrogen-bond donors (Lipinski definition) is 3. The van der Waals surface area contributed by atoms with Gasteiger partial charge in [-0.3, -0.25) is 10.1 Å². The molecule has 1 heterocycles. The van der Waals surface area contributed by atoms with Crippen LogP contribution in [0.1, 0.15) is 16.5 Å². The first-order valence-corrected chi connectivity index (χ1v) is 8.76. The molecule has 0 aliphatic rings. The van der Waals surface area contributed by atoms with Crippen molar-refractivity contribution in [2.45, 2.75) is 12.6 Å². The van der Waals surface area contributed by atoms with Crippen molar-refractivity contribution in [1.29, 1.82) is 0 Å². The predicted molar refractivity (Wildman–Crippen MR) is 94.4 cm³/mol. The molecule has 3 amide bonds. The number of nitrogens with one attached hydrogen (secondary N) is 3. The quantitative estimate of drug-likeness (QED) is 0.720. The highest BCUT2D eigenvalue weighted by molar-refractivity contribution is 9.11. The summed E-state index contributed by atoms with van der Waals surface area (Å²) >= 11 is 5.10.